The van der Waals surface area contributed by atoms with Gasteiger partial charge in [0.2, 0.25) is 0 Å². The van der Waals surface area contributed by atoms with Gasteiger partial charge >= 0.3 is 0 Å². The van der Waals surface area contributed by atoms with Crippen molar-refractivity contribution in [2.45, 2.75) is 37.5 Å². The lowest BCUT2D eigenvalue weighted by molar-refractivity contribution is 0.270. The van der Waals surface area contributed by atoms with Crippen LogP contribution in [0.1, 0.15) is 40.3 Å². The Bertz CT molecular complexity index is 2060. The molecule has 2 aliphatic carbocycles. The van der Waals surface area contributed by atoms with Crippen molar-refractivity contribution in [1.82, 2.24) is 9.47 Å². The van der Waals surface area contributed by atoms with Gasteiger partial charge in [-0.1, -0.05) is 91.0 Å². The van der Waals surface area contributed by atoms with E-state index in [9.17, 15) is 0 Å². The van der Waals surface area contributed by atoms with E-state index in [0.29, 0.717) is 18.5 Å². The van der Waals surface area contributed by atoms with Crippen LogP contribution in [0.4, 0.5) is 0 Å². The molecule has 1 aromatic heterocycles. The summed E-state index contributed by atoms with van der Waals surface area (Å²) in [5.74, 6) is 1.32. The quantitative estimate of drug-likeness (QED) is 0.148. The Balaban J connectivity index is 1.07. The lowest BCUT2D eigenvalue weighted by atomic mass is 9.90. The van der Waals surface area contributed by atoms with Crippen LogP contribution < -0.4 is 4.74 Å². The number of likely N-dealkylation sites (N-methyl/N-ethyl adjacent to an activating group) is 1. The molecule has 9 rings (SSSR count). The molecule has 0 spiro atoms. The van der Waals surface area contributed by atoms with Crippen molar-refractivity contribution < 1.29 is 4.74 Å². The predicted octanol–water partition coefficient (Wildman–Crippen LogP) is 8.53. The number of allylic oxidation sites excluding steroid dienone is 3. The summed E-state index contributed by atoms with van der Waals surface area (Å²) in [7, 11) is 2.17. The molecule has 0 bridgehead atoms. The van der Waals surface area contributed by atoms with Gasteiger partial charge in [0.1, 0.15) is 11.9 Å². The van der Waals surface area contributed by atoms with Gasteiger partial charge in [0.05, 0.1) is 23.8 Å². The molecule has 4 nitrogen and oxygen atoms in total. The highest BCUT2D eigenvalue weighted by Crippen LogP contribution is 2.47. The number of hydrogen-bond acceptors (Lipinski definition) is 3. The van der Waals surface area contributed by atoms with E-state index in [1.807, 2.05) is 0 Å². The van der Waals surface area contributed by atoms with E-state index in [0.717, 1.165) is 25.1 Å². The summed E-state index contributed by atoms with van der Waals surface area (Å²) in [5.41, 5.74) is 12.5. The van der Waals surface area contributed by atoms with Crippen molar-refractivity contribution in [3.8, 4) is 22.6 Å². The van der Waals surface area contributed by atoms with Gasteiger partial charge < -0.3 is 9.30 Å². The SMILES string of the molecule is C[N@]1CC1/C(=N\Cc1ccc(-n2c3c(c4cc(-c5cccc6c5OC5C=CC=CC65)ccc42)CCC=C3)cc1)c1ccccc1. The largest absolute Gasteiger partial charge is 0.484 e. The Morgan fingerprint density at radius 1 is 0.911 bits per heavy atom. The number of aryl methyl sites for hydroxylation is 1. The molecule has 3 heterocycles. The van der Waals surface area contributed by atoms with Crippen molar-refractivity contribution >= 4 is 22.7 Å². The molecule has 5 aromatic rings. The molecule has 0 amide bonds. The minimum absolute atomic E-state index is 0.0856. The van der Waals surface area contributed by atoms with Gasteiger partial charge in [0.25, 0.3) is 0 Å². The van der Waals surface area contributed by atoms with E-state index in [4.69, 9.17) is 9.73 Å². The van der Waals surface area contributed by atoms with Crippen LogP contribution in [-0.4, -0.2) is 40.9 Å². The van der Waals surface area contributed by atoms with Crippen LogP contribution in [0.5, 0.6) is 5.75 Å². The molecule has 4 aromatic carbocycles. The summed E-state index contributed by atoms with van der Waals surface area (Å²) in [6.07, 6.45) is 15.5. The first-order chi connectivity index (χ1) is 22.2. The zero-order valence-electron chi connectivity index (χ0n) is 25.4. The normalized spacial score (nSPS) is 22.6. The Morgan fingerprint density at radius 2 is 1.76 bits per heavy atom. The van der Waals surface area contributed by atoms with Crippen molar-refractivity contribution in [3.63, 3.8) is 0 Å². The second-order valence-corrected chi connectivity index (χ2v) is 12.7. The van der Waals surface area contributed by atoms with Gasteiger partial charge in [-0.2, -0.15) is 0 Å². The number of aliphatic imine (C=N–C) groups is 1. The summed E-state index contributed by atoms with van der Waals surface area (Å²) < 4.78 is 8.95. The highest BCUT2D eigenvalue weighted by atomic mass is 16.5. The number of fused-ring (bicyclic) bond motifs is 6. The summed E-state index contributed by atoms with van der Waals surface area (Å²) >= 11 is 0. The summed E-state index contributed by atoms with van der Waals surface area (Å²) in [4.78, 5) is 7.46. The average molecular weight is 586 g/mol. The minimum atomic E-state index is 0.0856. The zero-order chi connectivity index (χ0) is 29.9. The lowest BCUT2D eigenvalue weighted by Crippen LogP contribution is -2.15. The Hall–Kier alpha value is -4.93. The van der Waals surface area contributed by atoms with E-state index in [2.05, 4.69) is 144 Å². The number of hydrogen-bond donors (Lipinski definition) is 0. The van der Waals surface area contributed by atoms with Gasteiger partial charge in [-0.05, 0) is 78.6 Å². The lowest BCUT2D eigenvalue weighted by Gasteiger charge is -2.14. The van der Waals surface area contributed by atoms with E-state index < -0.39 is 0 Å². The average Bonchev–Trinajstić information content (AvgIpc) is 3.55. The Labute approximate surface area is 264 Å². The third kappa shape index (κ3) is 4.51. The maximum absolute atomic E-state index is 6.52. The molecule has 4 aliphatic rings. The van der Waals surface area contributed by atoms with Crippen molar-refractivity contribution in [2.24, 2.45) is 4.99 Å². The second kappa shape index (κ2) is 10.6. The number of nitrogens with zero attached hydrogens (tertiary/aromatic N) is 3. The third-order valence-corrected chi connectivity index (χ3v) is 9.87. The van der Waals surface area contributed by atoms with E-state index >= 15 is 0 Å². The van der Waals surface area contributed by atoms with Gasteiger partial charge in [-0.15, -0.1) is 0 Å². The maximum atomic E-state index is 6.52. The maximum Gasteiger partial charge on any atom is 0.132 e. The fourth-order valence-corrected chi connectivity index (χ4v) is 7.42. The molecule has 220 valence electrons. The third-order valence-electron chi connectivity index (χ3n) is 9.87. The monoisotopic (exact) mass is 585 g/mol. The number of benzene rings is 4. The predicted molar refractivity (Wildman–Crippen MR) is 185 cm³/mol. The number of aromatic nitrogens is 1. The summed E-state index contributed by atoms with van der Waals surface area (Å²) in [5, 5.41) is 1.33. The molecule has 0 N–H and O–H groups in total. The first-order valence-electron chi connectivity index (χ1n) is 16.1. The van der Waals surface area contributed by atoms with Crippen LogP contribution >= 0.6 is 0 Å². The Kier molecular flexibility index (Phi) is 6.24. The molecule has 3 unspecified atom stereocenters. The second-order valence-electron chi connectivity index (χ2n) is 12.7. The van der Waals surface area contributed by atoms with E-state index in [-0.39, 0.29) is 6.10 Å². The Morgan fingerprint density at radius 3 is 2.60 bits per heavy atom. The first-order valence-corrected chi connectivity index (χ1v) is 16.1. The summed E-state index contributed by atoms with van der Waals surface area (Å²) in [6.45, 7) is 1.75. The number of ether oxygens (including phenoxy) is 1. The van der Waals surface area contributed by atoms with Gasteiger partial charge in [-0.3, -0.25) is 9.89 Å². The van der Waals surface area contributed by atoms with Crippen LogP contribution in [0.25, 0.3) is 33.8 Å². The highest BCUT2D eigenvalue weighted by molar-refractivity contribution is 6.06. The molecule has 45 heavy (non-hydrogen) atoms. The van der Waals surface area contributed by atoms with Crippen LogP contribution in [0.2, 0.25) is 0 Å². The van der Waals surface area contributed by atoms with Crippen LogP contribution in [0.3, 0.4) is 0 Å². The van der Waals surface area contributed by atoms with Gasteiger partial charge in [0.15, 0.2) is 0 Å². The zero-order valence-corrected chi connectivity index (χ0v) is 25.4. The molecule has 1 saturated heterocycles. The van der Waals surface area contributed by atoms with Crippen molar-refractivity contribution in [1.29, 1.82) is 0 Å². The van der Waals surface area contributed by atoms with E-state index in [1.54, 1.807) is 0 Å². The molecule has 1 fully saturated rings. The topological polar surface area (TPSA) is 29.5 Å². The molecule has 4 heteroatoms. The molecule has 4 atom stereocenters. The minimum Gasteiger partial charge on any atom is -0.484 e. The molecule has 0 saturated carbocycles. The molecule has 0 radical (unpaired) electrons. The number of para-hydroxylation sites is 1. The standard InChI is InChI=1S/C41H35N3O/c1-43-26-38(43)40(28-10-3-2-4-11-28)42-25-27-18-21-30(22-19-27)44-36-16-7-5-12-32(36)35-24-29(20-23-37(35)44)31-14-9-15-34-33-13-6-8-17-39(33)45-41(31)34/h2-4,6-11,13-24,33,38-39H,5,12,25-26H2,1H3/b42-40-/t33?,38?,39?,43-/m1/s1. The van der Waals surface area contributed by atoms with Gasteiger partial charge in [-0.25, -0.2) is 0 Å². The fourth-order valence-electron chi connectivity index (χ4n) is 7.42. The number of rotatable bonds is 6. The van der Waals surface area contributed by atoms with Crippen LogP contribution in [-0.2, 0) is 13.0 Å². The van der Waals surface area contributed by atoms with E-state index in [1.165, 1.54) is 61.4 Å². The van der Waals surface area contributed by atoms with Crippen LogP contribution in [0, 0.1) is 0 Å². The fraction of sp³-hybridized carbons (Fsp3) is 0.195. The highest BCUT2D eigenvalue weighted by Gasteiger charge is 2.35. The van der Waals surface area contributed by atoms with Crippen molar-refractivity contribution in [3.05, 3.63) is 149 Å². The summed E-state index contributed by atoms with van der Waals surface area (Å²) in [6, 6.07) is 33.6. The van der Waals surface area contributed by atoms with Gasteiger partial charge in [0, 0.05) is 40.4 Å². The first kappa shape index (κ1) is 26.5. The molecular formula is C41H35N3O. The molecular weight excluding hydrogens is 550 g/mol. The smallest absolute Gasteiger partial charge is 0.132 e. The molecule has 2 aliphatic heterocycles. The van der Waals surface area contributed by atoms with Crippen molar-refractivity contribution in [2.75, 3.05) is 13.6 Å². The van der Waals surface area contributed by atoms with Crippen LogP contribution in [0.15, 0.2) is 126 Å².